The van der Waals surface area contributed by atoms with Crippen molar-refractivity contribution in [3.8, 4) is 0 Å². The summed E-state index contributed by atoms with van der Waals surface area (Å²) in [6.07, 6.45) is 6.78. The number of carboxylic acids is 1. The quantitative estimate of drug-likeness (QED) is 0.824. The van der Waals surface area contributed by atoms with Crippen molar-refractivity contribution in [2.75, 3.05) is 31.6 Å². The summed E-state index contributed by atoms with van der Waals surface area (Å²) in [4.78, 5) is 31.1. The molecular formula is C18H28N4O3. The summed E-state index contributed by atoms with van der Waals surface area (Å²) in [5.41, 5.74) is 0.923. The van der Waals surface area contributed by atoms with Crippen LogP contribution >= 0.6 is 0 Å². The molecule has 0 spiro atoms. The first kappa shape index (κ1) is 19.0. The van der Waals surface area contributed by atoms with Gasteiger partial charge in [-0.3, -0.25) is 4.79 Å². The predicted octanol–water partition coefficient (Wildman–Crippen LogP) is 2.32. The van der Waals surface area contributed by atoms with Gasteiger partial charge >= 0.3 is 12.0 Å². The van der Waals surface area contributed by atoms with Crippen molar-refractivity contribution in [2.24, 2.45) is 5.92 Å². The van der Waals surface area contributed by atoms with Crippen LogP contribution in [0.25, 0.3) is 0 Å². The first-order valence-corrected chi connectivity index (χ1v) is 8.89. The van der Waals surface area contributed by atoms with E-state index in [1.807, 2.05) is 12.1 Å². The summed E-state index contributed by atoms with van der Waals surface area (Å²) < 4.78 is 0. The Morgan fingerprint density at radius 2 is 1.96 bits per heavy atom. The van der Waals surface area contributed by atoms with Gasteiger partial charge in [0.15, 0.2) is 0 Å². The number of hydrogen-bond donors (Lipinski definition) is 2. The molecule has 0 aromatic carbocycles. The third-order valence-electron chi connectivity index (χ3n) is 4.50. The molecule has 2 heterocycles. The van der Waals surface area contributed by atoms with Crippen molar-refractivity contribution in [1.82, 2.24) is 15.2 Å². The molecule has 7 nitrogen and oxygen atoms in total. The molecule has 0 radical (unpaired) electrons. The van der Waals surface area contributed by atoms with Gasteiger partial charge in [0.05, 0.1) is 5.92 Å². The van der Waals surface area contributed by atoms with Gasteiger partial charge < -0.3 is 20.2 Å². The van der Waals surface area contributed by atoms with Crippen LogP contribution in [0.15, 0.2) is 18.3 Å². The molecule has 7 heteroatoms. The van der Waals surface area contributed by atoms with E-state index in [0.717, 1.165) is 24.5 Å². The van der Waals surface area contributed by atoms with Crippen molar-refractivity contribution >= 4 is 17.8 Å². The molecule has 0 bridgehead atoms. The highest BCUT2D eigenvalue weighted by atomic mass is 16.4. The summed E-state index contributed by atoms with van der Waals surface area (Å²) in [7, 11) is 1.59. The molecule has 1 atom stereocenters. The lowest BCUT2D eigenvalue weighted by Crippen LogP contribution is -2.40. The summed E-state index contributed by atoms with van der Waals surface area (Å²) in [5.74, 6) is -0.511. The van der Waals surface area contributed by atoms with E-state index >= 15 is 0 Å². The third kappa shape index (κ3) is 5.92. The van der Waals surface area contributed by atoms with Crippen LogP contribution in [0, 0.1) is 5.92 Å². The summed E-state index contributed by atoms with van der Waals surface area (Å²) in [6, 6.07) is 3.70. The number of nitrogens with zero attached hydrogens (tertiary/aromatic N) is 3. The van der Waals surface area contributed by atoms with Gasteiger partial charge in [0.1, 0.15) is 5.82 Å². The van der Waals surface area contributed by atoms with Crippen LogP contribution in [0.3, 0.4) is 0 Å². The van der Waals surface area contributed by atoms with E-state index in [0.29, 0.717) is 6.54 Å². The lowest BCUT2D eigenvalue weighted by atomic mass is 10.2. The van der Waals surface area contributed by atoms with Gasteiger partial charge in [-0.1, -0.05) is 25.8 Å². The smallest absolute Gasteiger partial charge is 0.317 e. The summed E-state index contributed by atoms with van der Waals surface area (Å²) >= 11 is 0. The molecule has 1 aromatic rings. The van der Waals surface area contributed by atoms with E-state index in [1.165, 1.54) is 30.6 Å². The molecule has 2 rings (SSSR count). The van der Waals surface area contributed by atoms with Gasteiger partial charge in [-0.05, 0) is 24.5 Å². The van der Waals surface area contributed by atoms with Crippen molar-refractivity contribution in [2.45, 2.75) is 39.2 Å². The van der Waals surface area contributed by atoms with Crippen LogP contribution in [-0.2, 0) is 11.3 Å². The van der Waals surface area contributed by atoms with Gasteiger partial charge in [0.2, 0.25) is 0 Å². The second-order valence-corrected chi connectivity index (χ2v) is 6.70. The van der Waals surface area contributed by atoms with Crippen molar-refractivity contribution in [3.05, 3.63) is 23.9 Å². The van der Waals surface area contributed by atoms with Gasteiger partial charge in [-0.25, -0.2) is 9.78 Å². The average molecular weight is 348 g/mol. The fourth-order valence-corrected chi connectivity index (χ4v) is 2.89. The minimum absolute atomic E-state index is 0.174. The van der Waals surface area contributed by atoms with Crippen LogP contribution < -0.4 is 10.2 Å². The van der Waals surface area contributed by atoms with E-state index in [-0.39, 0.29) is 12.6 Å². The Kier molecular flexibility index (Phi) is 7.03. The number of urea groups is 1. The maximum Gasteiger partial charge on any atom is 0.317 e. The number of amides is 2. The van der Waals surface area contributed by atoms with Crippen LogP contribution in [-0.4, -0.2) is 53.7 Å². The Morgan fingerprint density at radius 3 is 2.52 bits per heavy atom. The number of hydrogen-bond acceptors (Lipinski definition) is 4. The van der Waals surface area contributed by atoms with E-state index in [9.17, 15) is 9.59 Å². The molecule has 1 saturated heterocycles. The zero-order chi connectivity index (χ0) is 18.2. The molecule has 1 aliphatic rings. The Balaban J connectivity index is 1.82. The number of rotatable bonds is 6. The molecule has 0 aliphatic carbocycles. The second kappa shape index (κ2) is 9.25. The zero-order valence-electron chi connectivity index (χ0n) is 15.1. The SMILES string of the molecule is CC(CN(C)C(=O)NCc1ccc(N2CCCCCC2)nc1)C(=O)O. The maximum absolute atomic E-state index is 12.0. The number of carboxylic acid groups (broad SMARTS) is 1. The van der Waals surface area contributed by atoms with Crippen molar-refractivity contribution in [1.29, 1.82) is 0 Å². The summed E-state index contributed by atoms with van der Waals surface area (Å²) in [6.45, 7) is 4.23. The first-order valence-electron chi connectivity index (χ1n) is 8.89. The normalized spacial score (nSPS) is 16.0. The minimum Gasteiger partial charge on any atom is -0.481 e. The van der Waals surface area contributed by atoms with E-state index in [1.54, 1.807) is 20.2 Å². The number of carbonyl (C=O) groups excluding carboxylic acids is 1. The van der Waals surface area contributed by atoms with Crippen molar-refractivity contribution in [3.63, 3.8) is 0 Å². The van der Waals surface area contributed by atoms with Gasteiger partial charge in [-0.2, -0.15) is 0 Å². The Morgan fingerprint density at radius 1 is 1.28 bits per heavy atom. The largest absolute Gasteiger partial charge is 0.481 e. The maximum atomic E-state index is 12.0. The van der Waals surface area contributed by atoms with Crippen LogP contribution in [0.1, 0.15) is 38.2 Å². The van der Waals surface area contributed by atoms with Crippen LogP contribution in [0.2, 0.25) is 0 Å². The number of pyridine rings is 1. The molecule has 25 heavy (non-hydrogen) atoms. The first-order chi connectivity index (χ1) is 12.0. The van der Waals surface area contributed by atoms with Crippen LogP contribution in [0.5, 0.6) is 0 Å². The van der Waals surface area contributed by atoms with Crippen LogP contribution in [0.4, 0.5) is 10.6 Å². The van der Waals surface area contributed by atoms with E-state index in [2.05, 4.69) is 15.2 Å². The Labute approximate surface area is 149 Å². The number of aliphatic carboxylic acids is 1. The molecule has 2 amide bonds. The minimum atomic E-state index is -0.909. The molecule has 1 aromatic heterocycles. The van der Waals surface area contributed by atoms with Gasteiger partial charge in [0.25, 0.3) is 0 Å². The lowest BCUT2D eigenvalue weighted by molar-refractivity contribution is -0.141. The summed E-state index contributed by atoms with van der Waals surface area (Å²) in [5, 5.41) is 11.7. The zero-order valence-corrected chi connectivity index (χ0v) is 15.1. The molecular weight excluding hydrogens is 320 g/mol. The number of aromatic nitrogens is 1. The molecule has 2 N–H and O–H groups in total. The molecule has 1 fully saturated rings. The third-order valence-corrected chi connectivity index (χ3v) is 4.50. The predicted molar refractivity (Wildman–Crippen MR) is 96.6 cm³/mol. The van der Waals surface area contributed by atoms with Crippen molar-refractivity contribution < 1.29 is 14.7 Å². The number of carbonyl (C=O) groups is 2. The fraction of sp³-hybridized carbons (Fsp3) is 0.611. The molecule has 0 saturated carbocycles. The highest BCUT2D eigenvalue weighted by Crippen LogP contribution is 2.17. The standard InChI is InChI=1S/C18H28N4O3/c1-14(17(23)24)13-21(2)18(25)20-12-15-7-8-16(19-11-15)22-9-5-3-4-6-10-22/h7-8,11,14H,3-6,9-10,12-13H2,1-2H3,(H,20,25)(H,23,24). The van der Waals surface area contributed by atoms with E-state index < -0.39 is 11.9 Å². The average Bonchev–Trinajstić information content (AvgIpc) is 2.89. The number of anilines is 1. The highest BCUT2D eigenvalue weighted by Gasteiger charge is 2.17. The van der Waals surface area contributed by atoms with Gasteiger partial charge in [-0.15, -0.1) is 0 Å². The molecule has 1 unspecified atom stereocenters. The lowest BCUT2D eigenvalue weighted by Gasteiger charge is -2.22. The Hall–Kier alpha value is -2.31. The molecule has 1 aliphatic heterocycles. The number of nitrogens with one attached hydrogen (secondary N) is 1. The topological polar surface area (TPSA) is 85.8 Å². The fourth-order valence-electron chi connectivity index (χ4n) is 2.89. The highest BCUT2D eigenvalue weighted by molar-refractivity contribution is 5.75. The second-order valence-electron chi connectivity index (χ2n) is 6.70. The van der Waals surface area contributed by atoms with Gasteiger partial charge in [0, 0.05) is 39.4 Å². The van der Waals surface area contributed by atoms with E-state index in [4.69, 9.17) is 5.11 Å². The molecule has 138 valence electrons. The Bertz CT molecular complexity index is 568. The monoisotopic (exact) mass is 348 g/mol.